The van der Waals surface area contributed by atoms with E-state index >= 15 is 0 Å². The molecule has 0 aliphatic heterocycles. The highest BCUT2D eigenvalue weighted by Crippen LogP contribution is 2.40. The molecule has 0 saturated carbocycles. The fraction of sp³-hybridized carbons (Fsp3) is 0.222. The smallest absolute Gasteiger partial charge is 0.113 e. The van der Waals surface area contributed by atoms with Gasteiger partial charge < -0.3 is 20.4 Å². The van der Waals surface area contributed by atoms with E-state index in [0.717, 1.165) is 21.5 Å². The Kier molecular flexibility index (Phi) is 2.96. The Morgan fingerprint density at radius 1 is 0.591 bits per heavy atom. The van der Waals surface area contributed by atoms with Gasteiger partial charge in [-0.1, -0.05) is 36.4 Å². The quantitative estimate of drug-likeness (QED) is 0.477. The predicted octanol–water partition coefficient (Wildman–Crippen LogP) is 1.80. The van der Waals surface area contributed by atoms with Crippen LogP contribution in [-0.2, 0) is 0 Å². The molecule has 4 heteroatoms. The summed E-state index contributed by atoms with van der Waals surface area (Å²) >= 11 is 0. The van der Waals surface area contributed by atoms with Gasteiger partial charge in [0.25, 0.3) is 0 Å². The van der Waals surface area contributed by atoms with Crippen LogP contribution in [0, 0.1) is 0 Å². The maximum Gasteiger partial charge on any atom is 0.113 e. The molecule has 0 spiro atoms. The summed E-state index contributed by atoms with van der Waals surface area (Å²) in [4.78, 5) is 0. The van der Waals surface area contributed by atoms with E-state index in [9.17, 15) is 20.4 Å². The fourth-order valence-electron chi connectivity index (χ4n) is 3.34. The molecular formula is C18H16O4. The zero-order valence-corrected chi connectivity index (χ0v) is 11.7. The minimum absolute atomic E-state index is 0.466. The Morgan fingerprint density at radius 3 is 1.91 bits per heavy atom. The summed E-state index contributed by atoms with van der Waals surface area (Å²) in [6.45, 7) is 0. The zero-order chi connectivity index (χ0) is 15.4. The van der Waals surface area contributed by atoms with Gasteiger partial charge in [-0.15, -0.1) is 0 Å². The molecule has 4 atom stereocenters. The second-order valence-corrected chi connectivity index (χ2v) is 5.86. The molecule has 4 rings (SSSR count). The monoisotopic (exact) mass is 296 g/mol. The molecule has 0 bridgehead atoms. The molecule has 3 aromatic rings. The molecule has 1 aliphatic rings. The molecule has 4 nitrogen and oxygen atoms in total. The van der Waals surface area contributed by atoms with Crippen molar-refractivity contribution >= 4 is 21.5 Å². The molecule has 112 valence electrons. The number of hydrogen-bond donors (Lipinski definition) is 4. The minimum Gasteiger partial charge on any atom is -0.387 e. The Labute approximate surface area is 126 Å². The summed E-state index contributed by atoms with van der Waals surface area (Å²) in [5.41, 5.74) is 0.933. The van der Waals surface area contributed by atoms with Crippen molar-refractivity contribution in [1.29, 1.82) is 0 Å². The van der Waals surface area contributed by atoms with Crippen molar-refractivity contribution < 1.29 is 20.4 Å². The summed E-state index contributed by atoms with van der Waals surface area (Å²) < 4.78 is 0. The minimum atomic E-state index is -1.39. The Morgan fingerprint density at radius 2 is 1.18 bits per heavy atom. The second-order valence-electron chi connectivity index (χ2n) is 5.86. The van der Waals surface area contributed by atoms with Gasteiger partial charge in [-0.25, -0.2) is 0 Å². The summed E-state index contributed by atoms with van der Waals surface area (Å²) in [5, 5.41) is 44.1. The summed E-state index contributed by atoms with van der Waals surface area (Å²) in [7, 11) is 0. The van der Waals surface area contributed by atoms with Crippen molar-refractivity contribution in [3.63, 3.8) is 0 Å². The third-order valence-electron chi connectivity index (χ3n) is 4.58. The molecule has 0 heterocycles. The first-order valence-electron chi connectivity index (χ1n) is 7.25. The second kappa shape index (κ2) is 4.76. The first-order valence-corrected chi connectivity index (χ1v) is 7.25. The van der Waals surface area contributed by atoms with E-state index in [2.05, 4.69) is 0 Å². The normalized spacial score (nSPS) is 28.0. The average Bonchev–Trinajstić information content (AvgIpc) is 2.56. The molecule has 3 aromatic carbocycles. The molecule has 22 heavy (non-hydrogen) atoms. The summed E-state index contributed by atoms with van der Waals surface area (Å²) in [6.07, 6.45) is -5.20. The molecule has 4 N–H and O–H groups in total. The van der Waals surface area contributed by atoms with Crippen molar-refractivity contribution in [3.05, 3.63) is 59.7 Å². The van der Waals surface area contributed by atoms with Crippen molar-refractivity contribution in [2.24, 2.45) is 0 Å². The molecule has 0 fully saturated rings. The van der Waals surface area contributed by atoms with Crippen molar-refractivity contribution in [3.8, 4) is 0 Å². The van der Waals surface area contributed by atoms with E-state index in [0.29, 0.717) is 11.1 Å². The number of aliphatic hydroxyl groups is 4. The number of fused-ring (bicyclic) bond motifs is 4. The van der Waals surface area contributed by atoms with E-state index in [1.165, 1.54) is 0 Å². The highest BCUT2D eigenvalue weighted by atomic mass is 16.4. The third-order valence-corrected chi connectivity index (χ3v) is 4.58. The van der Waals surface area contributed by atoms with Crippen LogP contribution in [0.4, 0.5) is 0 Å². The van der Waals surface area contributed by atoms with Crippen LogP contribution in [0.3, 0.4) is 0 Å². The lowest BCUT2D eigenvalue weighted by Gasteiger charge is -2.34. The van der Waals surface area contributed by atoms with E-state index in [-0.39, 0.29) is 0 Å². The Balaban J connectivity index is 2.06. The lowest BCUT2D eigenvalue weighted by Crippen LogP contribution is -2.41. The first-order chi connectivity index (χ1) is 10.6. The van der Waals surface area contributed by atoms with Gasteiger partial charge in [0.2, 0.25) is 0 Å². The van der Waals surface area contributed by atoms with Gasteiger partial charge >= 0.3 is 0 Å². The molecule has 1 aliphatic carbocycles. The SMILES string of the molecule is O[C@@H]1[C@H](O)[C@@H](O)c2cc3ccc4ccccc4c3cc2[C@@H]1O. The Hall–Kier alpha value is -1.98. The van der Waals surface area contributed by atoms with Crippen LogP contribution in [0.2, 0.25) is 0 Å². The third kappa shape index (κ3) is 1.79. The van der Waals surface area contributed by atoms with Crippen LogP contribution in [0.1, 0.15) is 23.3 Å². The highest BCUT2D eigenvalue weighted by Gasteiger charge is 2.39. The van der Waals surface area contributed by atoms with Crippen molar-refractivity contribution in [2.75, 3.05) is 0 Å². The van der Waals surface area contributed by atoms with Gasteiger partial charge in [-0.2, -0.15) is 0 Å². The van der Waals surface area contributed by atoms with Crippen LogP contribution in [0.5, 0.6) is 0 Å². The standard InChI is InChI=1S/C18H16O4/c19-15-13-7-10-6-5-9-3-1-2-4-11(9)12(10)8-14(13)16(20)18(22)17(15)21/h1-8,15-22H/t15-,16-,17+,18-/m0/s1. The van der Waals surface area contributed by atoms with Gasteiger partial charge in [0.1, 0.15) is 24.4 Å². The number of rotatable bonds is 0. The van der Waals surface area contributed by atoms with Crippen LogP contribution in [0.15, 0.2) is 48.5 Å². The van der Waals surface area contributed by atoms with Crippen LogP contribution < -0.4 is 0 Å². The fourth-order valence-corrected chi connectivity index (χ4v) is 3.34. The lowest BCUT2D eigenvalue weighted by molar-refractivity contribution is -0.120. The van der Waals surface area contributed by atoms with Gasteiger partial charge in [0.05, 0.1) is 0 Å². The summed E-state index contributed by atoms with van der Waals surface area (Å²) in [5.74, 6) is 0. The lowest BCUT2D eigenvalue weighted by atomic mass is 9.81. The van der Waals surface area contributed by atoms with E-state index in [1.807, 2.05) is 36.4 Å². The maximum atomic E-state index is 10.2. The predicted molar refractivity (Wildman–Crippen MR) is 83.4 cm³/mol. The van der Waals surface area contributed by atoms with Gasteiger partial charge in [-0.3, -0.25) is 0 Å². The first kappa shape index (κ1) is 13.7. The van der Waals surface area contributed by atoms with Gasteiger partial charge in [-0.05, 0) is 44.8 Å². The molecular weight excluding hydrogens is 280 g/mol. The van der Waals surface area contributed by atoms with Crippen LogP contribution in [-0.4, -0.2) is 32.6 Å². The average molecular weight is 296 g/mol. The van der Waals surface area contributed by atoms with Crippen molar-refractivity contribution in [2.45, 2.75) is 24.4 Å². The summed E-state index contributed by atoms with van der Waals surface area (Å²) in [6, 6.07) is 15.5. The maximum absolute atomic E-state index is 10.2. The van der Waals surface area contributed by atoms with E-state index < -0.39 is 24.4 Å². The molecule has 0 amide bonds. The molecule has 0 saturated heterocycles. The molecule has 0 radical (unpaired) electrons. The largest absolute Gasteiger partial charge is 0.387 e. The topological polar surface area (TPSA) is 80.9 Å². The Bertz CT molecular complexity index is 873. The molecule has 0 aromatic heterocycles. The van der Waals surface area contributed by atoms with E-state index in [4.69, 9.17) is 0 Å². The number of benzene rings is 3. The number of hydrogen-bond acceptors (Lipinski definition) is 4. The van der Waals surface area contributed by atoms with Crippen LogP contribution in [0.25, 0.3) is 21.5 Å². The van der Waals surface area contributed by atoms with Gasteiger partial charge in [0, 0.05) is 0 Å². The van der Waals surface area contributed by atoms with Crippen molar-refractivity contribution in [1.82, 2.24) is 0 Å². The van der Waals surface area contributed by atoms with Crippen LogP contribution >= 0.6 is 0 Å². The molecule has 0 unspecified atom stereocenters. The van der Waals surface area contributed by atoms with Gasteiger partial charge in [0.15, 0.2) is 0 Å². The highest BCUT2D eigenvalue weighted by molar-refractivity contribution is 6.07. The van der Waals surface area contributed by atoms with E-state index in [1.54, 1.807) is 12.1 Å². The number of aliphatic hydroxyl groups excluding tert-OH is 4. The zero-order valence-electron chi connectivity index (χ0n) is 11.7.